The first-order chi connectivity index (χ1) is 8.10. The normalized spacial score (nSPS) is 27.8. The van der Waals surface area contributed by atoms with Crippen molar-refractivity contribution in [3.05, 3.63) is 0 Å². The van der Waals surface area contributed by atoms with Gasteiger partial charge in [-0.3, -0.25) is 9.69 Å². The topological polar surface area (TPSA) is 58.4 Å². The van der Waals surface area contributed by atoms with Gasteiger partial charge in [0.05, 0.1) is 6.04 Å². The number of nitrogens with zero attached hydrogens (tertiary/aromatic N) is 1. The van der Waals surface area contributed by atoms with Gasteiger partial charge < -0.3 is 11.1 Å². The summed E-state index contributed by atoms with van der Waals surface area (Å²) in [5.41, 5.74) is 5.74. The third-order valence-electron chi connectivity index (χ3n) is 3.79. The maximum atomic E-state index is 12.0. The van der Waals surface area contributed by atoms with Crippen molar-refractivity contribution in [1.82, 2.24) is 10.2 Å². The molecule has 1 amide bonds. The molecule has 0 spiro atoms. The maximum Gasteiger partial charge on any atom is 0.237 e. The highest BCUT2D eigenvalue weighted by Crippen LogP contribution is 2.23. The molecule has 1 rings (SSSR count). The summed E-state index contributed by atoms with van der Waals surface area (Å²) in [6, 6.07) is 0.450. The molecule has 3 N–H and O–H groups in total. The molecule has 4 heteroatoms. The molecular weight excluding hydrogens is 214 g/mol. The fourth-order valence-corrected chi connectivity index (χ4v) is 2.49. The van der Waals surface area contributed by atoms with E-state index in [-0.39, 0.29) is 11.9 Å². The summed E-state index contributed by atoms with van der Waals surface area (Å²) in [5, 5.41) is 2.97. The number of nitrogens with two attached hydrogens (primary N) is 1. The highest BCUT2D eigenvalue weighted by Gasteiger charge is 2.31. The van der Waals surface area contributed by atoms with E-state index >= 15 is 0 Å². The Bertz CT molecular complexity index is 245. The van der Waals surface area contributed by atoms with Gasteiger partial charge in [0.2, 0.25) is 5.91 Å². The molecule has 0 aromatic rings. The molecule has 1 heterocycles. The van der Waals surface area contributed by atoms with Crippen LogP contribution in [-0.4, -0.2) is 42.5 Å². The summed E-state index contributed by atoms with van der Waals surface area (Å²) in [6.07, 6.45) is 3.32. The van der Waals surface area contributed by atoms with Crippen molar-refractivity contribution in [2.45, 2.75) is 52.1 Å². The van der Waals surface area contributed by atoms with E-state index in [9.17, 15) is 4.79 Å². The molecule has 1 aliphatic heterocycles. The molecule has 0 bridgehead atoms. The minimum atomic E-state index is -0.0362. The van der Waals surface area contributed by atoms with E-state index in [0.717, 1.165) is 32.5 Å². The molecular formula is C13H27N3O. The van der Waals surface area contributed by atoms with E-state index < -0.39 is 0 Å². The SMILES string of the molecule is CCCNC(=O)C(C)N1CC(CN)CCC1C. The molecule has 1 aliphatic rings. The zero-order chi connectivity index (χ0) is 12.8. The van der Waals surface area contributed by atoms with Crippen LogP contribution in [0.5, 0.6) is 0 Å². The molecule has 0 aliphatic carbocycles. The number of rotatable bonds is 5. The van der Waals surface area contributed by atoms with Gasteiger partial charge in [0.25, 0.3) is 0 Å². The molecule has 3 atom stereocenters. The lowest BCUT2D eigenvalue weighted by Crippen LogP contribution is -2.53. The Morgan fingerprint density at radius 2 is 2.24 bits per heavy atom. The number of nitrogens with one attached hydrogen (secondary N) is 1. The molecule has 0 aromatic heterocycles. The number of hydrogen-bond donors (Lipinski definition) is 2. The van der Waals surface area contributed by atoms with Crippen molar-refractivity contribution in [1.29, 1.82) is 0 Å². The van der Waals surface area contributed by atoms with Crippen LogP contribution in [0, 0.1) is 5.92 Å². The first-order valence-corrected chi connectivity index (χ1v) is 6.83. The van der Waals surface area contributed by atoms with Gasteiger partial charge in [0.1, 0.15) is 0 Å². The van der Waals surface area contributed by atoms with Crippen LogP contribution in [0.15, 0.2) is 0 Å². The predicted molar refractivity (Wildman–Crippen MR) is 70.7 cm³/mol. The fraction of sp³-hybridized carbons (Fsp3) is 0.923. The van der Waals surface area contributed by atoms with Gasteiger partial charge in [0, 0.05) is 19.1 Å². The van der Waals surface area contributed by atoms with Crippen LogP contribution in [-0.2, 0) is 4.79 Å². The van der Waals surface area contributed by atoms with E-state index in [2.05, 4.69) is 24.1 Å². The Hall–Kier alpha value is -0.610. The van der Waals surface area contributed by atoms with E-state index in [1.54, 1.807) is 0 Å². The summed E-state index contributed by atoms with van der Waals surface area (Å²) < 4.78 is 0. The van der Waals surface area contributed by atoms with Crippen molar-refractivity contribution < 1.29 is 4.79 Å². The molecule has 17 heavy (non-hydrogen) atoms. The number of carbonyl (C=O) groups excluding carboxylic acids is 1. The van der Waals surface area contributed by atoms with Crippen molar-refractivity contribution in [2.75, 3.05) is 19.6 Å². The van der Waals surface area contributed by atoms with Gasteiger partial charge in [-0.25, -0.2) is 0 Å². The quantitative estimate of drug-likeness (QED) is 0.754. The number of hydrogen-bond acceptors (Lipinski definition) is 3. The van der Waals surface area contributed by atoms with Crippen LogP contribution in [0.3, 0.4) is 0 Å². The third-order valence-corrected chi connectivity index (χ3v) is 3.79. The van der Waals surface area contributed by atoms with Crippen molar-refractivity contribution >= 4 is 5.91 Å². The largest absolute Gasteiger partial charge is 0.355 e. The van der Waals surface area contributed by atoms with Gasteiger partial charge in [-0.05, 0) is 45.6 Å². The molecule has 1 fully saturated rings. The molecule has 0 aromatic carbocycles. The van der Waals surface area contributed by atoms with Crippen LogP contribution < -0.4 is 11.1 Å². The summed E-state index contributed by atoms with van der Waals surface area (Å²) in [4.78, 5) is 14.3. The van der Waals surface area contributed by atoms with E-state index in [0.29, 0.717) is 12.0 Å². The zero-order valence-corrected chi connectivity index (χ0v) is 11.4. The second-order valence-corrected chi connectivity index (χ2v) is 5.19. The maximum absolute atomic E-state index is 12.0. The molecule has 4 nitrogen and oxygen atoms in total. The first-order valence-electron chi connectivity index (χ1n) is 6.83. The van der Waals surface area contributed by atoms with Gasteiger partial charge >= 0.3 is 0 Å². The number of amides is 1. The molecule has 100 valence electrons. The smallest absolute Gasteiger partial charge is 0.237 e. The molecule has 1 saturated heterocycles. The van der Waals surface area contributed by atoms with Gasteiger partial charge in [-0.15, -0.1) is 0 Å². The lowest BCUT2D eigenvalue weighted by molar-refractivity contribution is -0.127. The molecule has 3 unspecified atom stereocenters. The van der Waals surface area contributed by atoms with Gasteiger partial charge in [-0.2, -0.15) is 0 Å². The summed E-state index contributed by atoms with van der Waals surface area (Å²) in [6.45, 7) is 8.73. The Morgan fingerprint density at radius 1 is 1.53 bits per heavy atom. The number of likely N-dealkylation sites (tertiary alicyclic amines) is 1. The van der Waals surface area contributed by atoms with Gasteiger partial charge in [0.15, 0.2) is 0 Å². The zero-order valence-electron chi connectivity index (χ0n) is 11.4. The van der Waals surface area contributed by atoms with Crippen molar-refractivity contribution in [3.8, 4) is 0 Å². The lowest BCUT2D eigenvalue weighted by Gasteiger charge is -2.40. The van der Waals surface area contributed by atoms with E-state index in [1.165, 1.54) is 6.42 Å². The monoisotopic (exact) mass is 241 g/mol. The average molecular weight is 241 g/mol. The highest BCUT2D eigenvalue weighted by atomic mass is 16.2. The molecule has 0 radical (unpaired) electrons. The fourth-order valence-electron chi connectivity index (χ4n) is 2.49. The van der Waals surface area contributed by atoms with Crippen LogP contribution in [0.25, 0.3) is 0 Å². The second kappa shape index (κ2) is 6.97. The standard InChI is InChI=1S/C13H27N3O/c1-4-7-15-13(17)11(3)16-9-12(8-14)6-5-10(16)2/h10-12H,4-9,14H2,1-3H3,(H,15,17). The Labute approximate surface area is 105 Å². The van der Waals surface area contributed by atoms with E-state index in [1.807, 2.05) is 6.92 Å². The Balaban J connectivity index is 2.53. The Kier molecular flexibility index (Phi) is 5.92. The average Bonchev–Trinajstić information content (AvgIpc) is 2.35. The van der Waals surface area contributed by atoms with Crippen LogP contribution in [0.2, 0.25) is 0 Å². The first kappa shape index (κ1) is 14.5. The van der Waals surface area contributed by atoms with Crippen molar-refractivity contribution in [3.63, 3.8) is 0 Å². The highest BCUT2D eigenvalue weighted by molar-refractivity contribution is 5.81. The minimum Gasteiger partial charge on any atom is -0.355 e. The van der Waals surface area contributed by atoms with Crippen molar-refractivity contribution in [2.24, 2.45) is 11.7 Å². The summed E-state index contributed by atoms with van der Waals surface area (Å²) >= 11 is 0. The predicted octanol–water partition coefficient (Wildman–Crippen LogP) is 0.960. The molecule has 0 saturated carbocycles. The van der Waals surface area contributed by atoms with Crippen LogP contribution in [0.1, 0.15) is 40.0 Å². The second-order valence-electron chi connectivity index (χ2n) is 5.19. The minimum absolute atomic E-state index is 0.0362. The van der Waals surface area contributed by atoms with Crippen LogP contribution >= 0.6 is 0 Å². The van der Waals surface area contributed by atoms with Gasteiger partial charge in [-0.1, -0.05) is 6.92 Å². The van der Waals surface area contributed by atoms with E-state index in [4.69, 9.17) is 5.73 Å². The lowest BCUT2D eigenvalue weighted by atomic mass is 9.92. The number of carbonyl (C=O) groups is 1. The third kappa shape index (κ3) is 3.96. The number of piperidine rings is 1. The Morgan fingerprint density at radius 3 is 2.82 bits per heavy atom. The van der Waals surface area contributed by atoms with Crippen LogP contribution in [0.4, 0.5) is 0 Å². The summed E-state index contributed by atoms with van der Waals surface area (Å²) in [5.74, 6) is 0.698. The summed E-state index contributed by atoms with van der Waals surface area (Å²) in [7, 11) is 0.